The smallest absolute Gasteiger partial charge is 0.407 e. The van der Waals surface area contributed by atoms with Crippen LogP contribution >= 0.6 is 0 Å². The van der Waals surface area contributed by atoms with Gasteiger partial charge in [-0.05, 0) is 24.1 Å². The van der Waals surface area contributed by atoms with Crippen molar-refractivity contribution in [2.24, 2.45) is 0 Å². The Morgan fingerprint density at radius 1 is 0.957 bits per heavy atom. The summed E-state index contributed by atoms with van der Waals surface area (Å²) >= 11 is 0. The van der Waals surface area contributed by atoms with E-state index in [9.17, 15) is 4.79 Å². The Morgan fingerprint density at radius 2 is 1.57 bits per heavy atom. The van der Waals surface area contributed by atoms with E-state index in [0.717, 1.165) is 24.3 Å². The highest BCUT2D eigenvalue weighted by molar-refractivity contribution is 5.66. The monoisotopic (exact) mass is 321 g/mol. The molecule has 130 valence electrons. The molecule has 0 bridgehead atoms. The highest BCUT2D eigenvalue weighted by atomic mass is 16.5. The number of hydrogen-bond donors (Lipinski definition) is 1. The van der Waals surface area contributed by atoms with Crippen LogP contribution in [-0.4, -0.2) is 19.8 Å². The highest BCUT2D eigenvalue weighted by Crippen LogP contribution is 2.13. The van der Waals surface area contributed by atoms with Gasteiger partial charge in [-0.1, -0.05) is 64.0 Å². The van der Waals surface area contributed by atoms with Crippen LogP contribution in [0.15, 0.2) is 24.3 Å². The van der Waals surface area contributed by atoms with Gasteiger partial charge in [-0.3, -0.25) is 0 Å². The van der Waals surface area contributed by atoms with Crippen LogP contribution in [0, 0.1) is 0 Å². The first-order valence-electron chi connectivity index (χ1n) is 8.79. The molecule has 1 N–H and O–H groups in total. The van der Waals surface area contributed by atoms with Crippen molar-refractivity contribution in [3.8, 4) is 5.75 Å². The molecule has 23 heavy (non-hydrogen) atoms. The first-order valence-corrected chi connectivity index (χ1v) is 8.79. The molecule has 0 fully saturated rings. The number of methoxy groups -OCH3 is 1. The maximum Gasteiger partial charge on any atom is 0.407 e. The van der Waals surface area contributed by atoms with Gasteiger partial charge in [-0.2, -0.15) is 0 Å². The van der Waals surface area contributed by atoms with E-state index in [1.807, 2.05) is 24.3 Å². The average molecular weight is 321 g/mol. The van der Waals surface area contributed by atoms with Crippen LogP contribution in [0.3, 0.4) is 0 Å². The molecule has 4 nitrogen and oxygen atoms in total. The van der Waals surface area contributed by atoms with E-state index in [0.29, 0.717) is 6.54 Å². The molecule has 4 heteroatoms. The predicted molar refractivity (Wildman–Crippen MR) is 93.8 cm³/mol. The van der Waals surface area contributed by atoms with E-state index in [-0.39, 0.29) is 0 Å². The lowest BCUT2D eigenvalue weighted by Gasteiger charge is -2.08. The van der Waals surface area contributed by atoms with Crippen molar-refractivity contribution < 1.29 is 14.3 Å². The zero-order chi connectivity index (χ0) is 16.8. The molecule has 0 aliphatic carbocycles. The molecule has 0 spiro atoms. The van der Waals surface area contributed by atoms with Crippen LogP contribution in [0.2, 0.25) is 0 Å². The van der Waals surface area contributed by atoms with E-state index in [2.05, 4.69) is 17.0 Å². The SMILES string of the molecule is CCCCCCCCCCOc1ccc(CNC(=O)OC)cc1. The number of unbranched alkanes of at least 4 members (excludes halogenated alkanes) is 7. The zero-order valence-electron chi connectivity index (χ0n) is 14.6. The third-order valence-corrected chi connectivity index (χ3v) is 3.81. The molecule has 0 aliphatic heterocycles. The minimum Gasteiger partial charge on any atom is -0.494 e. The quantitative estimate of drug-likeness (QED) is 0.547. The van der Waals surface area contributed by atoms with Gasteiger partial charge in [-0.15, -0.1) is 0 Å². The Balaban J connectivity index is 2.06. The van der Waals surface area contributed by atoms with Crippen LogP contribution in [0.1, 0.15) is 63.9 Å². The second kappa shape index (κ2) is 12.8. The lowest BCUT2D eigenvalue weighted by Crippen LogP contribution is -2.22. The second-order valence-electron chi connectivity index (χ2n) is 5.81. The van der Waals surface area contributed by atoms with Crippen LogP contribution < -0.4 is 10.1 Å². The average Bonchev–Trinajstić information content (AvgIpc) is 2.59. The molecular formula is C19H31NO3. The summed E-state index contributed by atoms with van der Waals surface area (Å²) in [7, 11) is 1.36. The fraction of sp³-hybridized carbons (Fsp3) is 0.632. The number of ether oxygens (including phenoxy) is 2. The van der Waals surface area contributed by atoms with E-state index < -0.39 is 6.09 Å². The fourth-order valence-electron chi connectivity index (χ4n) is 2.38. The summed E-state index contributed by atoms with van der Waals surface area (Å²) in [6, 6.07) is 7.80. The van der Waals surface area contributed by atoms with E-state index in [1.54, 1.807) is 0 Å². The van der Waals surface area contributed by atoms with Crippen molar-refractivity contribution in [1.29, 1.82) is 0 Å². The maximum absolute atomic E-state index is 11.0. The molecule has 0 heterocycles. The second-order valence-corrected chi connectivity index (χ2v) is 5.81. The Hall–Kier alpha value is -1.71. The maximum atomic E-state index is 11.0. The normalized spacial score (nSPS) is 10.3. The van der Waals surface area contributed by atoms with Crippen molar-refractivity contribution in [3.05, 3.63) is 29.8 Å². The summed E-state index contributed by atoms with van der Waals surface area (Å²) in [5.74, 6) is 0.884. The molecule has 0 atom stereocenters. The minimum absolute atomic E-state index is 0.417. The van der Waals surface area contributed by atoms with Crippen molar-refractivity contribution in [2.75, 3.05) is 13.7 Å². The van der Waals surface area contributed by atoms with Crippen LogP contribution in [-0.2, 0) is 11.3 Å². The first kappa shape index (κ1) is 19.3. The number of rotatable bonds is 12. The molecule has 1 rings (SSSR count). The van der Waals surface area contributed by atoms with Gasteiger partial charge in [0.2, 0.25) is 0 Å². The molecule has 0 saturated carbocycles. The van der Waals surface area contributed by atoms with E-state index in [4.69, 9.17) is 4.74 Å². The number of benzene rings is 1. The lowest BCUT2D eigenvalue weighted by molar-refractivity contribution is 0.170. The van der Waals surface area contributed by atoms with Gasteiger partial charge in [0, 0.05) is 6.54 Å². The minimum atomic E-state index is -0.417. The van der Waals surface area contributed by atoms with Crippen molar-refractivity contribution in [2.45, 2.75) is 64.8 Å². The molecule has 0 unspecified atom stereocenters. The topological polar surface area (TPSA) is 47.6 Å². The van der Waals surface area contributed by atoms with Crippen molar-refractivity contribution in [1.82, 2.24) is 5.32 Å². The fourth-order valence-corrected chi connectivity index (χ4v) is 2.38. The van der Waals surface area contributed by atoms with Gasteiger partial charge in [-0.25, -0.2) is 4.79 Å². The summed E-state index contributed by atoms with van der Waals surface area (Å²) in [6.07, 6.45) is 10.0. The molecular weight excluding hydrogens is 290 g/mol. The van der Waals surface area contributed by atoms with Gasteiger partial charge >= 0.3 is 6.09 Å². The van der Waals surface area contributed by atoms with Crippen LogP contribution in [0.4, 0.5) is 4.79 Å². The van der Waals surface area contributed by atoms with E-state index in [1.165, 1.54) is 52.1 Å². The van der Waals surface area contributed by atoms with Gasteiger partial charge in [0.1, 0.15) is 5.75 Å². The zero-order valence-corrected chi connectivity index (χ0v) is 14.6. The molecule has 1 amide bonds. The summed E-state index contributed by atoms with van der Waals surface area (Å²) in [6.45, 7) is 3.49. The molecule has 1 aromatic carbocycles. The largest absolute Gasteiger partial charge is 0.494 e. The highest BCUT2D eigenvalue weighted by Gasteiger charge is 2.00. The summed E-state index contributed by atoms with van der Waals surface area (Å²) in [5, 5.41) is 2.65. The van der Waals surface area contributed by atoms with Crippen molar-refractivity contribution >= 4 is 6.09 Å². The number of alkyl carbamates (subject to hydrolysis) is 1. The van der Waals surface area contributed by atoms with Gasteiger partial charge < -0.3 is 14.8 Å². The third kappa shape index (κ3) is 9.82. The van der Waals surface area contributed by atoms with Gasteiger partial charge in [0.25, 0.3) is 0 Å². The predicted octanol–water partition coefficient (Wildman–Crippen LogP) is 5.06. The Labute approximate surface area is 140 Å². The molecule has 0 aromatic heterocycles. The number of nitrogens with one attached hydrogen (secondary N) is 1. The standard InChI is InChI=1S/C19H31NO3/c1-3-4-5-6-7-8-9-10-15-23-18-13-11-17(12-14-18)16-20-19(21)22-2/h11-14H,3-10,15-16H2,1-2H3,(H,20,21). The molecule has 1 aromatic rings. The van der Waals surface area contributed by atoms with Gasteiger partial charge in [0.05, 0.1) is 13.7 Å². The van der Waals surface area contributed by atoms with Gasteiger partial charge in [0.15, 0.2) is 0 Å². The van der Waals surface area contributed by atoms with Crippen LogP contribution in [0.25, 0.3) is 0 Å². The Morgan fingerprint density at radius 3 is 2.17 bits per heavy atom. The summed E-state index contributed by atoms with van der Waals surface area (Å²) < 4.78 is 10.3. The summed E-state index contributed by atoms with van der Waals surface area (Å²) in [4.78, 5) is 11.0. The lowest BCUT2D eigenvalue weighted by atomic mass is 10.1. The number of carbonyl (C=O) groups is 1. The molecule has 0 radical (unpaired) electrons. The Bertz CT molecular complexity index is 417. The molecule has 0 saturated heterocycles. The Kier molecular flexibility index (Phi) is 10.8. The first-order chi connectivity index (χ1) is 11.3. The third-order valence-electron chi connectivity index (χ3n) is 3.81. The number of hydrogen-bond acceptors (Lipinski definition) is 3. The van der Waals surface area contributed by atoms with Crippen LogP contribution in [0.5, 0.6) is 5.75 Å². The number of carbonyl (C=O) groups excluding carboxylic acids is 1. The number of amides is 1. The molecule has 0 aliphatic rings. The summed E-state index contributed by atoms with van der Waals surface area (Å²) in [5.41, 5.74) is 1.02. The van der Waals surface area contributed by atoms with E-state index >= 15 is 0 Å². The van der Waals surface area contributed by atoms with Crippen molar-refractivity contribution in [3.63, 3.8) is 0 Å².